The zero-order valence-corrected chi connectivity index (χ0v) is 15.6. The molecule has 3 aromatic carbocycles. The standard InChI is InChI=1S/C24H23NO2/c1-3-20-14-16-21(17-15-20)25-24(27-23-12-8-5-9-13-23)19(2)18-26-22-10-6-4-7-11-22/h4-18H,3H2,1-2H3. The van der Waals surface area contributed by atoms with E-state index in [1.54, 1.807) is 6.26 Å². The van der Waals surface area contributed by atoms with Crippen LogP contribution in [0.2, 0.25) is 0 Å². The van der Waals surface area contributed by atoms with Crippen LogP contribution < -0.4 is 9.47 Å². The number of ether oxygens (including phenoxy) is 2. The van der Waals surface area contributed by atoms with E-state index in [1.165, 1.54) is 5.56 Å². The second-order valence-corrected chi connectivity index (χ2v) is 6.08. The molecule has 136 valence electrons. The Morgan fingerprint density at radius 3 is 2.00 bits per heavy atom. The third-order valence-electron chi connectivity index (χ3n) is 3.99. The van der Waals surface area contributed by atoms with Crippen molar-refractivity contribution in [1.29, 1.82) is 0 Å². The monoisotopic (exact) mass is 357 g/mol. The summed E-state index contributed by atoms with van der Waals surface area (Å²) in [6.07, 6.45) is 2.67. The van der Waals surface area contributed by atoms with E-state index in [0.717, 1.165) is 29.2 Å². The van der Waals surface area contributed by atoms with Gasteiger partial charge in [0.15, 0.2) is 0 Å². The number of aryl methyl sites for hydroxylation is 1. The topological polar surface area (TPSA) is 30.8 Å². The summed E-state index contributed by atoms with van der Waals surface area (Å²) in [5.41, 5.74) is 2.91. The van der Waals surface area contributed by atoms with Crippen LogP contribution in [-0.4, -0.2) is 5.90 Å². The molecule has 27 heavy (non-hydrogen) atoms. The summed E-state index contributed by atoms with van der Waals surface area (Å²) in [6, 6.07) is 27.4. The van der Waals surface area contributed by atoms with Crippen LogP contribution in [-0.2, 0) is 6.42 Å². The van der Waals surface area contributed by atoms with Crippen LogP contribution in [0.25, 0.3) is 0 Å². The molecule has 0 N–H and O–H groups in total. The number of para-hydroxylation sites is 2. The van der Waals surface area contributed by atoms with Crippen molar-refractivity contribution in [2.45, 2.75) is 20.3 Å². The van der Waals surface area contributed by atoms with Gasteiger partial charge < -0.3 is 9.47 Å². The molecule has 3 heteroatoms. The summed E-state index contributed by atoms with van der Waals surface area (Å²) >= 11 is 0. The van der Waals surface area contributed by atoms with Crippen molar-refractivity contribution in [3.8, 4) is 11.5 Å². The molecule has 0 saturated heterocycles. The van der Waals surface area contributed by atoms with Gasteiger partial charge in [0.25, 0.3) is 0 Å². The molecule has 0 saturated carbocycles. The molecule has 0 spiro atoms. The van der Waals surface area contributed by atoms with Crippen molar-refractivity contribution in [3.63, 3.8) is 0 Å². The molecule has 0 aliphatic rings. The predicted molar refractivity (Wildman–Crippen MR) is 111 cm³/mol. The van der Waals surface area contributed by atoms with Crippen molar-refractivity contribution in [3.05, 3.63) is 102 Å². The summed E-state index contributed by atoms with van der Waals surface area (Å²) < 4.78 is 11.8. The van der Waals surface area contributed by atoms with E-state index in [0.29, 0.717) is 5.90 Å². The van der Waals surface area contributed by atoms with E-state index in [1.807, 2.05) is 79.7 Å². The van der Waals surface area contributed by atoms with Crippen LogP contribution in [0.3, 0.4) is 0 Å². The van der Waals surface area contributed by atoms with Crippen LogP contribution >= 0.6 is 0 Å². The third-order valence-corrected chi connectivity index (χ3v) is 3.99. The van der Waals surface area contributed by atoms with Crippen LogP contribution in [0.15, 0.2) is 102 Å². The maximum absolute atomic E-state index is 6.03. The molecule has 3 aromatic rings. The SMILES string of the molecule is CCc1ccc(N=C(Oc2ccccc2)C(C)=COc2ccccc2)cc1. The van der Waals surface area contributed by atoms with Crippen molar-refractivity contribution in [1.82, 2.24) is 0 Å². The van der Waals surface area contributed by atoms with Gasteiger partial charge in [-0.3, -0.25) is 0 Å². The van der Waals surface area contributed by atoms with Gasteiger partial charge in [-0.1, -0.05) is 55.5 Å². The van der Waals surface area contributed by atoms with Gasteiger partial charge in [-0.15, -0.1) is 0 Å². The predicted octanol–water partition coefficient (Wildman–Crippen LogP) is 6.34. The minimum Gasteiger partial charge on any atom is -0.465 e. The molecule has 0 heterocycles. The fourth-order valence-electron chi connectivity index (χ4n) is 2.42. The highest BCUT2D eigenvalue weighted by atomic mass is 16.5. The highest BCUT2D eigenvalue weighted by Crippen LogP contribution is 2.19. The number of aliphatic imine (C=N–C) groups is 1. The second kappa shape index (κ2) is 9.39. The van der Waals surface area contributed by atoms with E-state index in [9.17, 15) is 0 Å². The molecule has 0 aliphatic carbocycles. The summed E-state index contributed by atoms with van der Waals surface area (Å²) in [5, 5.41) is 0. The molecule has 3 nitrogen and oxygen atoms in total. The molecule has 0 bridgehead atoms. The lowest BCUT2D eigenvalue weighted by molar-refractivity contribution is 0.473. The maximum atomic E-state index is 6.03. The average Bonchev–Trinajstić information content (AvgIpc) is 2.73. The first-order valence-corrected chi connectivity index (χ1v) is 9.04. The van der Waals surface area contributed by atoms with Gasteiger partial charge in [0.1, 0.15) is 11.5 Å². The lowest BCUT2D eigenvalue weighted by atomic mass is 10.1. The van der Waals surface area contributed by atoms with Crippen molar-refractivity contribution in [2.24, 2.45) is 4.99 Å². The highest BCUT2D eigenvalue weighted by Gasteiger charge is 2.08. The quantitative estimate of drug-likeness (QED) is 0.293. The molecule has 3 rings (SSSR count). The third kappa shape index (κ3) is 5.58. The molecule has 0 aromatic heterocycles. The van der Waals surface area contributed by atoms with Crippen molar-refractivity contribution < 1.29 is 9.47 Å². The molecule has 0 radical (unpaired) electrons. The number of nitrogens with zero attached hydrogens (tertiary/aromatic N) is 1. The Bertz CT molecular complexity index is 898. The van der Waals surface area contributed by atoms with Crippen LogP contribution in [0.1, 0.15) is 19.4 Å². The average molecular weight is 357 g/mol. The summed E-state index contributed by atoms with van der Waals surface area (Å²) in [5.74, 6) is 2.00. The minimum atomic E-state index is 0.501. The van der Waals surface area contributed by atoms with Crippen molar-refractivity contribution >= 4 is 11.6 Å². The normalized spacial score (nSPS) is 11.9. The fraction of sp³-hybridized carbons (Fsp3) is 0.125. The lowest BCUT2D eigenvalue weighted by Crippen LogP contribution is -2.10. The van der Waals surface area contributed by atoms with Gasteiger partial charge in [0, 0.05) is 5.57 Å². The summed E-state index contributed by atoms with van der Waals surface area (Å²) in [4.78, 5) is 4.69. The van der Waals surface area contributed by atoms with Crippen LogP contribution in [0.5, 0.6) is 11.5 Å². The van der Waals surface area contributed by atoms with Gasteiger partial charge >= 0.3 is 0 Å². The van der Waals surface area contributed by atoms with E-state index in [4.69, 9.17) is 9.47 Å². The van der Waals surface area contributed by atoms with E-state index < -0.39 is 0 Å². The first-order chi connectivity index (χ1) is 13.2. The van der Waals surface area contributed by atoms with Crippen LogP contribution in [0, 0.1) is 0 Å². The fourth-order valence-corrected chi connectivity index (χ4v) is 2.42. The zero-order valence-electron chi connectivity index (χ0n) is 15.6. The summed E-state index contributed by atoms with van der Waals surface area (Å²) in [6.45, 7) is 4.06. The Kier molecular flexibility index (Phi) is 6.42. The lowest BCUT2D eigenvalue weighted by Gasteiger charge is -2.10. The molecule has 0 aliphatic heterocycles. The van der Waals surface area contributed by atoms with Crippen molar-refractivity contribution in [2.75, 3.05) is 0 Å². The Morgan fingerprint density at radius 2 is 1.41 bits per heavy atom. The van der Waals surface area contributed by atoms with E-state index in [-0.39, 0.29) is 0 Å². The largest absolute Gasteiger partial charge is 0.465 e. The summed E-state index contributed by atoms with van der Waals surface area (Å²) in [7, 11) is 0. The number of hydrogen-bond donors (Lipinski definition) is 0. The zero-order chi connectivity index (χ0) is 18.9. The second-order valence-electron chi connectivity index (χ2n) is 6.08. The highest BCUT2D eigenvalue weighted by molar-refractivity contribution is 5.96. The minimum absolute atomic E-state index is 0.501. The Labute approximate surface area is 160 Å². The Hall–Kier alpha value is -3.33. The number of rotatable bonds is 6. The Morgan fingerprint density at radius 1 is 0.815 bits per heavy atom. The smallest absolute Gasteiger partial charge is 0.225 e. The first kappa shape index (κ1) is 18.5. The van der Waals surface area contributed by atoms with E-state index in [2.05, 4.69) is 24.0 Å². The maximum Gasteiger partial charge on any atom is 0.225 e. The van der Waals surface area contributed by atoms with Gasteiger partial charge in [-0.05, 0) is 55.3 Å². The number of benzene rings is 3. The molecule has 0 fully saturated rings. The van der Waals surface area contributed by atoms with Gasteiger partial charge in [-0.25, -0.2) is 4.99 Å². The van der Waals surface area contributed by atoms with E-state index >= 15 is 0 Å². The van der Waals surface area contributed by atoms with Gasteiger partial charge in [-0.2, -0.15) is 0 Å². The van der Waals surface area contributed by atoms with Gasteiger partial charge in [0.2, 0.25) is 5.90 Å². The molecular weight excluding hydrogens is 334 g/mol. The Balaban J connectivity index is 1.87. The molecular formula is C24H23NO2. The number of hydrogen-bond acceptors (Lipinski definition) is 3. The first-order valence-electron chi connectivity index (χ1n) is 9.04. The van der Waals surface area contributed by atoms with Crippen LogP contribution in [0.4, 0.5) is 5.69 Å². The van der Waals surface area contributed by atoms with Gasteiger partial charge in [0.05, 0.1) is 11.9 Å². The molecule has 0 unspecified atom stereocenters. The molecule has 0 atom stereocenters. The molecule has 0 amide bonds.